The maximum Gasteiger partial charge on any atom is 0.00701 e. The molecule has 2 unspecified atom stereocenters. The van der Waals surface area contributed by atoms with Crippen LogP contribution in [0.25, 0.3) is 0 Å². The lowest BCUT2D eigenvalue weighted by atomic mass is 9.73. The molecule has 0 aliphatic heterocycles. The Balaban J connectivity index is 1.46. The second kappa shape index (κ2) is 6.76. The molecule has 2 aliphatic carbocycles. The van der Waals surface area contributed by atoms with Gasteiger partial charge in [0.1, 0.15) is 0 Å². The molecule has 1 heteroatoms. The molecule has 2 atom stereocenters. The Labute approximate surface area is 124 Å². The number of hydrogen-bond donors (Lipinski definition) is 1. The quantitative estimate of drug-likeness (QED) is 0.793. The zero-order valence-corrected chi connectivity index (χ0v) is 12.9. The summed E-state index contributed by atoms with van der Waals surface area (Å²) in [6.45, 7) is 0. The van der Waals surface area contributed by atoms with Crippen molar-refractivity contribution in [3.63, 3.8) is 0 Å². The summed E-state index contributed by atoms with van der Waals surface area (Å²) in [6.07, 6.45) is 12.9. The molecule has 1 fully saturated rings. The van der Waals surface area contributed by atoms with E-state index in [2.05, 4.69) is 36.6 Å². The molecule has 0 aromatic heterocycles. The van der Waals surface area contributed by atoms with Gasteiger partial charge in [-0.25, -0.2) is 0 Å². The van der Waals surface area contributed by atoms with E-state index in [0.29, 0.717) is 0 Å². The minimum atomic E-state index is 0.718. The minimum Gasteiger partial charge on any atom is -0.317 e. The van der Waals surface area contributed by atoms with Crippen molar-refractivity contribution in [3.05, 3.63) is 35.4 Å². The predicted molar refractivity (Wildman–Crippen MR) is 86.2 cm³/mol. The molecule has 3 rings (SSSR count). The van der Waals surface area contributed by atoms with E-state index in [9.17, 15) is 0 Å². The van der Waals surface area contributed by atoms with Crippen LogP contribution in [0.1, 0.15) is 68.4 Å². The van der Waals surface area contributed by atoms with Crippen LogP contribution in [0.5, 0.6) is 0 Å². The Morgan fingerprint density at radius 2 is 1.95 bits per heavy atom. The molecule has 1 aromatic carbocycles. The van der Waals surface area contributed by atoms with Crippen molar-refractivity contribution in [1.82, 2.24) is 5.32 Å². The first-order chi connectivity index (χ1) is 9.86. The fourth-order valence-corrected chi connectivity index (χ4v) is 4.21. The van der Waals surface area contributed by atoms with Crippen molar-refractivity contribution in [1.29, 1.82) is 0 Å². The number of rotatable bonds is 6. The van der Waals surface area contributed by atoms with Gasteiger partial charge in [0.2, 0.25) is 0 Å². The van der Waals surface area contributed by atoms with E-state index >= 15 is 0 Å². The van der Waals surface area contributed by atoms with Gasteiger partial charge in [-0.15, -0.1) is 0 Å². The van der Waals surface area contributed by atoms with Gasteiger partial charge in [-0.1, -0.05) is 56.4 Å². The Morgan fingerprint density at radius 1 is 1.15 bits per heavy atom. The van der Waals surface area contributed by atoms with E-state index in [1.807, 2.05) is 0 Å². The van der Waals surface area contributed by atoms with Crippen LogP contribution in [0.15, 0.2) is 24.3 Å². The van der Waals surface area contributed by atoms with Gasteiger partial charge in [-0.05, 0) is 55.7 Å². The Bertz CT molecular complexity index is 420. The predicted octanol–water partition coefficient (Wildman–Crippen LogP) is 4.66. The van der Waals surface area contributed by atoms with Crippen LogP contribution in [0.3, 0.4) is 0 Å². The molecular weight excluding hydrogens is 242 g/mol. The van der Waals surface area contributed by atoms with Crippen LogP contribution in [0.4, 0.5) is 0 Å². The molecule has 0 spiro atoms. The van der Waals surface area contributed by atoms with E-state index in [1.165, 1.54) is 57.8 Å². The van der Waals surface area contributed by atoms with Crippen molar-refractivity contribution < 1.29 is 0 Å². The van der Waals surface area contributed by atoms with Gasteiger partial charge in [-0.2, -0.15) is 0 Å². The minimum absolute atomic E-state index is 0.718. The Hall–Kier alpha value is -0.820. The Morgan fingerprint density at radius 3 is 2.70 bits per heavy atom. The number of nitrogens with one attached hydrogen (secondary N) is 1. The lowest BCUT2D eigenvalue weighted by Gasteiger charge is -2.33. The Kier molecular flexibility index (Phi) is 4.77. The highest BCUT2D eigenvalue weighted by molar-refractivity contribution is 5.39. The molecule has 0 radical (unpaired) electrons. The second-order valence-electron chi connectivity index (χ2n) is 6.90. The van der Waals surface area contributed by atoms with Gasteiger partial charge in [0.15, 0.2) is 0 Å². The SMILES string of the molecule is CNC(CCC1CCCCC1)CC1Cc2ccccc21. The fraction of sp³-hybridized carbons (Fsp3) is 0.684. The lowest BCUT2D eigenvalue weighted by Crippen LogP contribution is -2.31. The average molecular weight is 271 g/mol. The van der Waals surface area contributed by atoms with E-state index in [0.717, 1.165) is 17.9 Å². The molecule has 0 bridgehead atoms. The first kappa shape index (κ1) is 14.1. The topological polar surface area (TPSA) is 12.0 Å². The molecule has 110 valence electrons. The van der Waals surface area contributed by atoms with Crippen LogP contribution in [-0.4, -0.2) is 13.1 Å². The summed E-state index contributed by atoms with van der Waals surface area (Å²) in [7, 11) is 2.15. The van der Waals surface area contributed by atoms with Crippen LogP contribution >= 0.6 is 0 Å². The first-order valence-electron chi connectivity index (χ1n) is 8.62. The highest BCUT2D eigenvalue weighted by Crippen LogP contribution is 2.38. The highest BCUT2D eigenvalue weighted by Gasteiger charge is 2.27. The van der Waals surface area contributed by atoms with Gasteiger partial charge < -0.3 is 5.32 Å². The lowest BCUT2D eigenvalue weighted by molar-refractivity contribution is 0.305. The standard InChI is InChI=1S/C19H29N/c1-20-18(12-11-15-7-3-2-4-8-15)14-17-13-16-9-5-6-10-19(16)17/h5-6,9-10,15,17-18,20H,2-4,7-8,11-14H2,1H3. The molecule has 20 heavy (non-hydrogen) atoms. The van der Waals surface area contributed by atoms with Gasteiger partial charge in [0, 0.05) is 6.04 Å². The van der Waals surface area contributed by atoms with Crippen molar-refractivity contribution in [2.75, 3.05) is 7.05 Å². The largest absolute Gasteiger partial charge is 0.317 e. The average Bonchev–Trinajstić information content (AvgIpc) is 2.49. The summed E-state index contributed by atoms with van der Waals surface area (Å²) in [5.41, 5.74) is 3.20. The summed E-state index contributed by atoms with van der Waals surface area (Å²) in [5, 5.41) is 3.57. The molecule has 1 nitrogen and oxygen atoms in total. The van der Waals surface area contributed by atoms with E-state index in [1.54, 1.807) is 11.1 Å². The summed E-state index contributed by atoms with van der Waals surface area (Å²) in [4.78, 5) is 0. The third kappa shape index (κ3) is 3.25. The highest BCUT2D eigenvalue weighted by atomic mass is 14.9. The molecule has 1 saturated carbocycles. The molecule has 1 aromatic rings. The van der Waals surface area contributed by atoms with Crippen molar-refractivity contribution >= 4 is 0 Å². The maximum absolute atomic E-state index is 3.57. The molecular formula is C19H29N. The molecule has 0 saturated heterocycles. The molecule has 0 amide bonds. The summed E-state index contributed by atoms with van der Waals surface area (Å²) in [5.74, 6) is 1.84. The zero-order valence-electron chi connectivity index (χ0n) is 12.9. The normalized spacial score (nSPS) is 23.9. The third-order valence-electron chi connectivity index (χ3n) is 5.59. The maximum atomic E-state index is 3.57. The molecule has 1 N–H and O–H groups in total. The van der Waals surface area contributed by atoms with E-state index in [4.69, 9.17) is 0 Å². The smallest absolute Gasteiger partial charge is 0.00701 e. The number of fused-ring (bicyclic) bond motifs is 1. The van der Waals surface area contributed by atoms with Crippen LogP contribution < -0.4 is 5.32 Å². The zero-order chi connectivity index (χ0) is 13.8. The summed E-state index contributed by atoms with van der Waals surface area (Å²) >= 11 is 0. The van der Waals surface area contributed by atoms with E-state index < -0.39 is 0 Å². The van der Waals surface area contributed by atoms with E-state index in [-0.39, 0.29) is 0 Å². The van der Waals surface area contributed by atoms with Gasteiger partial charge in [0.25, 0.3) is 0 Å². The van der Waals surface area contributed by atoms with Crippen LogP contribution in [0.2, 0.25) is 0 Å². The van der Waals surface area contributed by atoms with Gasteiger partial charge in [0.05, 0.1) is 0 Å². The van der Waals surface area contributed by atoms with Crippen LogP contribution in [0, 0.1) is 5.92 Å². The second-order valence-corrected chi connectivity index (χ2v) is 6.90. The van der Waals surface area contributed by atoms with Gasteiger partial charge in [-0.3, -0.25) is 0 Å². The molecule has 2 aliphatic rings. The van der Waals surface area contributed by atoms with Crippen molar-refractivity contribution in [2.24, 2.45) is 5.92 Å². The van der Waals surface area contributed by atoms with Crippen molar-refractivity contribution in [2.45, 2.75) is 69.7 Å². The molecule has 0 heterocycles. The number of benzene rings is 1. The van der Waals surface area contributed by atoms with Crippen molar-refractivity contribution in [3.8, 4) is 0 Å². The summed E-state index contributed by atoms with van der Waals surface area (Å²) in [6, 6.07) is 9.71. The van der Waals surface area contributed by atoms with Crippen LogP contribution in [-0.2, 0) is 6.42 Å². The fourth-order valence-electron chi connectivity index (χ4n) is 4.21. The number of hydrogen-bond acceptors (Lipinski definition) is 1. The van der Waals surface area contributed by atoms with Gasteiger partial charge >= 0.3 is 0 Å². The summed E-state index contributed by atoms with van der Waals surface area (Å²) < 4.78 is 0. The third-order valence-corrected chi connectivity index (χ3v) is 5.59. The monoisotopic (exact) mass is 271 g/mol. The first-order valence-corrected chi connectivity index (χ1v) is 8.62.